The Hall–Kier alpha value is -3.81. The van der Waals surface area contributed by atoms with E-state index in [2.05, 4.69) is 58.1 Å². The van der Waals surface area contributed by atoms with E-state index in [-0.39, 0.29) is 11.3 Å². The lowest BCUT2D eigenvalue weighted by Crippen LogP contribution is -2.18. The van der Waals surface area contributed by atoms with Gasteiger partial charge in [-0.15, -0.1) is 5.10 Å². The van der Waals surface area contributed by atoms with Crippen LogP contribution in [0.25, 0.3) is 16.9 Å². The maximum atomic E-state index is 13.2. The number of aromatic nitrogens is 6. The Morgan fingerprint density at radius 3 is 2.61 bits per heavy atom. The minimum atomic E-state index is -0.180. The highest BCUT2D eigenvalue weighted by Crippen LogP contribution is 2.37. The first-order chi connectivity index (χ1) is 17.2. The van der Waals surface area contributed by atoms with Crippen LogP contribution in [-0.2, 0) is 11.8 Å². The lowest BCUT2D eigenvalue weighted by atomic mass is 9.87. The minimum absolute atomic E-state index is 0.0929. The third-order valence-corrected chi connectivity index (χ3v) is 6.81. The number of carbonyl (C=O) groups excluding carboxylic acids is 1. The molecule has 8 nitrogen and oxygen atoms in total. The van der Waals surface area contributed by atoms with E-state index in [1.807, 2.05) is 56.7 Å². The van der Waals surface area contributed by atoms with Crippen LogP contribution in [0.4, 0.5) is 5.69 Å². The van der Waals surface area contributed by atoms with Crippen molar-refractivity contribution in [3.63, 3.8) is 0 Å². The maximum Gasteiger partial charge on any atom is 0.257 e. The van der Waals surface area contributed by atoms with E-state index in [1.54, 1.807) is 4.68 Å². The molecule has 3 heterocycles. The fourth-order valence-corrected chi connectivity index (χ4v) is 4.40. The molecule has 0 unspecified atom stereocenters. The minimum Gasteiger partial charge on any atom is -0.322 e. The number of rotatable bonds is 6. The predicted octanol–water partition coefficient (Wildman–Crippen LogP) is 5.59. The Bertz CT molecular complexity index is 1440. The second-order valence-corrected chi connectivity index (χ2v) is 10.6. The summed E-state index contributed by atoms with van der Waals surface area (Å²) >= 11 is 0. The van der Waals surface area contributed by atoms with Crippen LogP contribution in [0.2, 0.25) is 0 Å². The molecule has 0 saturated heterocycles. The largest absolute Gasteiger partial charge is 0.322 e. The summed E-state index contributed by atoms with van der Waals surface area (Å²) in [5.41, 5.74) is 7.81. The van der Waals surface area contributed by atoms with Crippen LogP contribution in [0, 0.1) is 13.8 Å². The highest BCUT2D eigenvalue weighted by Gasteiger charge is 2.28. The Balaban J connectivity index is 1.42. The Labute approximate surface area is 211 Å². The van der Waals surface area contributed by atoms with Gasteiger partial charge in [0.15, 0.2) is 0 Å². The van der Waals surface area contributed by atoms with E-state index in [0.717, 1.165) is 34.5 Å². The first kappa shape index (κ1) is 23.9. The summed E-state index contributed by atoms with van der Waals surface area (Å²) in [6.45, 7) is 12.4. The van der Waals surface area contributed by atoms with E-state index in [9.17, 15) is 4.79 Å². The number of anilines is 1. The maximum absolute atomic E-state index is 13.2. The van der Waals surface area contributed by atoms with Crippen LogP contribution < -0.4 is 5.32 Å². The molecule has 5 rings (SSSR count). The van der Waals surface area contributed by atoms with Crippen LogP contribution in [0.3, 0.4) is 0 Å². The van der Waals surface area contributed by atoms with Gasteiger partial charge in [-0.2, -0.15) is 5.10 Å². The number of carbonyl (C=O) groups is 1. The highest BCUT2D eigenvalue weighted by molar-refractivity contribution is 6.05. The van der Waals surface area contributed by atoms with Crippen molar-refractivity contribution in [1.82, 2.24) is 29.8 Å². The van der Waals surface area contributed by atoms with Crippen LogP contribution in [0.5, 0.6) is 0 Å². The molecular formula is C28H33N7O. The molecule has 0 aliphatic heterocycles. The zero-order valence-corrected chi connectivity index (χ0v) is 21.8. The first-order valence-electron chi connectivity index (χ1n) is 12.5. The van der Waals surface area contributed by atoms with Gasteiger partial charge in [0.05, 0.1) is 29.7 Å². The van der Waals surface area contributed by atoms with Crippen LogP contribution in [0.15, 0.2) is 42.9 Å². The van der Waals surface area contributed by atoms with Crippen molar-refractivity contribution in [1.29, 1.82) is 0 Å². The van der Waals surface area contributed by atoms with Gasteiger partial charge in [0.1, 0.15) is 5.69 Å². The summed E-state index contributed by atoms with van der Waals surface area (Å²) in [4.78, 5) is 17.6. The molecule has 1 aliphatic carbocycles. The molecule has 186 valence electrons. The van der Waals surface area contributed by atoms with Crippen molar-refractivity contribution in [2.75, 3.05) is 5.32 Å². The van der Waals surface area contributed by atoms with Crippen molar-refractivity contribution in [3.05, 3.63) is 70.9 Å². The second kappa shape index (κ2) is 9.00. The van der Waals surface area contributed by atoms with E-state index < -0.39 is 0 Å². The quantitative estimate of drug-likeness (QED) is 0.386. The van der Waals surface area contributed by atoms with Gasteiger partial charge in [-0.05, 0) is 67.9 Å². The molecular weight excluding hydrogens is 450 g/mol. The number of amides is 1. The highest BCUT2D eigenvalue weighted by atomic mass is 16.1. The van der Waals surface area contributed by atoms with Gasteiger partial charge in [-0.3, -0.25) is 14.5 Å². The van der Waals surface area contributed by atoms with E-state index in [4.69, 9.17) is 0 Å². The zero-order valence-electron chi connectivity index (χ0n) is 21.8. The molecule has 0 bridgehead atoms. The Morgan fingerprint density at radius 2 is 1.92 bits per heavy atom. The summed E-state index contributed by atoms with van der Waals surface area (Å²) in [5, 5.41) is 16.5. The van der Waals surface area contributed by atoms with Gasteiger partial charge in [0.2, 0.25) is 0 Å². The topological polar surface area (TPSA) is 90.5 Å². The van der Waals surface area contributed by atoms with Crippen LogP contribution in [-0.4, -0.2) is 35.7 Å². The van der Waals surface area contributed by atoms with E-state index in [0.29, 0.717) is 23.0 Å². The molecule has 0 atom stereocenters. The van der Waals surface area contributed by atoms with Gasteiger partial charge in [0, 0.05) is 28.8 Å². The number of hydrogen-bond donors (Lipinski definition) is 1. The fourth-order valence-electron chi connectivity index (χ4n) is 4.40. The van der Waals surface area contributed by atoms with Gasteiger partial charge in [-0.25, -0.2) is 4.68 Å². The van der Waals surface area contributed by atoms with E-state index >= 15 is 0 Å². The second-order valence-electron chi connectivity index (χ2n) is 10.6. The Morgan fingerprint density at radius 1 is 1.14 bits per heavy atom. The molecule has 4 aromatic rings. The average molecular weight is 484 g/mol. The molecule has 1 N–H and O–H groups in total. The normalized spacial score (nSPS) is 13.7. The lowest BCUT2D eigenvalue weighted by molar-refractivity contribution is 0.102. The van der Waals surface area contributed by atoms with Gasteiger partial charge in [-0.1, -0.05) is 39.0 Å². The summed E-state index contributed by atoms with van der Waals surface area (Å²) in [7, 11) is 0. The Kier molecular flexibility index (Phi) is 5.98. The monoisotopic (exact) mass is 483 g/mol. The molecule has 1 aliphatic rings. The van der Waals surface area contributed by atoms with Crippen LogP contribution in [0.1, 0.15) is 79.5 Å². The third-order valence-electron chi connectivity index (χ3n) is 6.81. The molecule has 1 saturated carbocycles. The average Bonchev–Trinajstić information content (AvgIpc) is 3.40. The molecule has 36 heavy (non-hydrogen) atoms. The van der Waals surface area contributed by atoms with Crippen molar-refractivity contribution in [3.8, 4) is 16.9 Å². The fraction of sp³-hybridized carbons (Fsp3) is 0.393. The standard InChI is InChI=1S/C28H33N7O/c1-7-25-23(15-30-35(25)21-10-11-21)24-16-34(33-32-24)26-13-20(9-8-17(26)2)31-27(36)22-12-19(28(4,5)6)14-29-18(22)3/h8-9,12-16,21H,7,10-11H2,1-6H3,(H,31,36). The number of benzene rings is 1. The van der Waals surface area contributed by atoms with Gasteiger partial charge < -0.3 is 5.32 Å². The van der Waals surface area contributed by atoms with Crippen molar-refractivity contribution >= 4 is 11.6 Å². The van der Waals surface area contributed by atoms with E-state index in [1.165, 1.54) is 18.5 Å². The molecule has 1 aromatic carbocycles. The molecule has 0 radical (unpaired) electrons. The van der Waals surface area contributed by atoms with Crippen molar-refractivity contribution in [2.24, 2.45) is 0 Å². The zero-order chi connectivity index (χ0) is 25.6. The number of nitrogens with one attached hydrogen (secondary N) is 1. The van der Waals surface area contributed by atoms with Gasteiger partial charge >= 0.3 is 0 Å². The summed E-state index contributed by atoms with van der Waals surface area (Å²) < 4.78 is 3.91. The molecule has 1 amide bonds. The SMILES string of the molecule is CCc1c(-c2cn(-c3cc(NC(=O)c4cc(C(C)(C)C)cnc4C)ccc3C)nn2)cnn1C1CC1. The molecule has 0 spiro atoms. The third kappa shape index (κ3) is 4.55. The van der Waals surface area contributed by atoms with Gasteiger partial charge in [0.25, 0.3) is 5.91 Å². The summed E-state index contributed by atoms with van der Waals surface area (Å²) in [5.74, 6) is -0.180. The molecule has 1 fully saturated rings. The number of aryl methyl sites for hydroxylation is 2. The van der Waals surface area contributed by atoms with Crippen molar-refractivity contribution < 1.29 is 4.79 Å². The predicted molar refractivity (Wildman–Crippen MR) is 141 cm³/mol. The van der Waals surface area contributed by atoms with Crippen molar-refractivity contribution in [2.45, 2.75) is 72.3 Å². The summed E-state index contributed by atoms with van der Waals surface area (Å²) in [6, 6.07) is 8.26. The summed E-state index contributed by atoms with van der Waals surface area (Å²) in [6.07, 6.45) is 8.95. The number of hydrogen-bond acceptors (Lipinski definition) is 5. The molecule has 8 heteroatoms. The molecule has 3 aromatic heterocycles. The smallest absolute Gasteiger partial charge is 0.257 e. The number of pyridine rings is 1. The van der Waals surface area contributed by atoms with Crippen LogP contribution >= 0.6 is 0 Å². The number of nitrogens with zero attached hydrogens (tertiary/aromatic N) is 6. The lowest BCUT2D eigenvalue weighted by Gasteiger charge is -2.20. The first-order valence-corrected chi connectivity index (χ1v) is 12.5.